The number of carbonyl (C=O) groups excluding carboxylic acids is 1. The SMILES string of the molecule is CCO[C@H]1CC[C@@](C)(CCC2(C)C=C(O[Si](C)(C)C)CC2)[C@@H](C2OCCO2)[C@H]1C(=O)OC. The Morgan fingerprint density at radius 1 is 1.16 bits per heavy atom. The first kappa shape index (κ1) is 25.7. The molecule has 1 aliphatic heterocycles. The molecule has 5 atom stereocenters. The lowest BCUT2D eigenvalue weighted by Gasteiger charge is -2.50. The average Bonchev–Trinajstić information content (AvgIpc) is 3.36. The quantitative estimate of drug-likeness (QED) is 0.339. The maximum Gasteiger partial charge on any atom is 0.311 e. The summed E-state index contributed by atoms with van der Waals surface area (Å²) < 4.78 is 29.6. The van der Waals surface area contributed by atoms with E-state index in [-0.39, 0.29) is 41.0 Å². The Balaban J connectivity index is 1.81. The monoisotopic (exact) mass is 468 g/mol. The second kappa shape index (κ2) is 10.2. The fraction of sp³-hybridized carbons (Fsp3) is 0.880. The minimum absolute atomic E-state index is 0.0885. The predicted octanol–water partition coefficient (Wildman–Crippen LogP) is 5.29. The van der Waals surface area contributed by atoms with Crippen LogP contribution in [0.4, 0.5) is 0 Å². The van der Waals surface area contributed by atoms with Crippen molar-refractivity contribution in [2.75, 3.05) is 26.9 Å². The van der Waals surface area contributed by atoms with E-state index in [4.69, 9.17) is 23.4 Å². The molecule has 0 N–H and O–H groups in total. The van der Waals surface area contributed by atoms with Crippen molar-refractivity contribution >= 4 is 14.3 Å². The molecule has 3 rings (SSSR count). The van der Waals surface area contributed by atoms with Crippen LogP contribution in [-0.2, 0) is 28.2 Å². The Morgan fingerprint density at radius 2 is 1.84 bits per heavy atom. The van der Waals surface area contributed by atoms with Crippen molar-refractivity contribution in [3.63, 3.8) is 0 Å². The lowest BCUT2D eigenvalue weighted by molar-refractivity contribution is -0.200. The Labute approximate surface area is 195 Å². The number of rotatable bonds is 9. The summed E-state index contributed by atoms with van der Waals surface area (Å²) in [7, 11) is -0.124. The normalized spacial score (nSPS) is 36.2. The molecule has 32 heavy (non-hydrogen) atoms. The van der Waals surface area contributed by atoms with Gasteiger partial charge in [-0.25, -0.2) is 0 Å². The van der Waals surface area contributed by atoms with E-state index >= 15 is 0 Å². The molecule has 0 aromatic carbocycles. The molecule has 3 aliphatic rings. The van der Waals surface area contributed by atoms with Crippen LogP contribution in [0.25, 0.3) is 0 Å². The van der Waals surface area contributed by atoms with Gasteiger partial charge < -0.3 is 23.4 Å². The van der Waals surface area contributed by atoms with Crippen molar-refractivity contribution in [2.45, 2.75) is 91.3 Å². The minimum atomic E-state index is -1.59. The summed E-state index contributed by atoms with van der Waals surface area (Å²) in [4.78, 5) is 13.0. The highest BCUT2D eigenvalue weighted by molar-refractivity contribution is 6.70. The van der Waals surface area contributed by atoms with Crippen LogP contribution in [0, 0.1) is 22.7 Å². The summed E-state index contributed by atoms with van der Waals surface area (Å²) in [6.07, 6.45) is 7.86. The molecule has 0 aromatic rings. The molecule has 1 saturated carbocycles. The molecular weight excluding hydrogens is 424 g/mol. The van der Waals surface area contributed by atoms with Crippen molar-refractivity contribution in [3.8, 4) is 0 Å². The Hall–Kier alpha value is -0.893. The van der Waals surface area contributed by atoms with E-state index in [2.05, 4.69) is 39.6 Å². The summed E-state index contributed by atoms with van der Waals surface area (Å²) in [6, 6.07) is 0. The highest BCUT2D eigenvalue weighted by Crippen LogP contribution is 2.54. The van der Waals surface area contributed by atoms with Crippen LogP contribution in [0.1, 0.15) is 59.3 Å². The third-order valence-electron chi connectivity index (χ3n) is 7.54. The van der Waals surface area contributed by atoms with Gasteiger partial charge in [0.25, 0.3) is 0 Å². The molecule has 1 heterocycles. The molecule has 0 spiro atoms. The summed E-state index contributed by atoms with van der Waals surface area (Å²) in [5, 5.41) is 0. The summed E-state index contributed by atoms with van der Waals surface area (Å²) >= 11 is 0. The van der Waals surface area contributed by atoms with Crippen LogP contribution in [0.5, 0.6) is 0 Å². The third kappa shape index (κ3) is 5.96. The number of hydrogen-bond acceptors (Lipinski definition) is 6. The van der Waals surface area contributed by atoms with Crippen molar-refractivity contribution < 1.29 is 28.2 Å². The molecule has 0 bridgehead atoms. The van der Waals surface area contributed by atoms with Crippen molar-refractivity contribution in [1.82, 2.24) is 0 Å². The van der Waals surface area contributed by atoms with Gasteiger partial charge in [0.2, 0.25) is 8.32 Å². The van der Waals surface area contributed by atoms with Gasteiger partial charge in [-0.05, 0) is 75.6 Å². The summed E-state index contributed by atoms with van der Waals surface area (Å²) in [5.74, 6) is 0.494. The maximum atomic E-state index is 13.0. The van der Waals surface area contributed by atoms with Gasteiger partial charge in [-0.1, -0.05) is 13.8 Å². The van der Waals surface area contributed by atoms with E-state index < -0.39 is 8.32 Å². The van der Waals surface area contributed by atoms with Crippen LogP contribution in [0.3, 0.4) is 0 Å². The summed E-state index contributed by atoms with van der Waals surface area (Å²) in [6.45, 7) is 15.1. The molecule has 6 nitrogen and oxygen atoms in total. The van der Waals surface area contributed by atoms with Gasteiger partial charge in [-0.2, -0.15) is 0 Å². The molecule has 2 aliphatic carbocycles. The first-order valence-corrected chi connectivity index (χ1v) is 15.7. The van der Waals surface area contributed by atoms with Crippen molar-refractivity contribution in [3.05, 3.63) is 11.8 Å². The van der Waals surface area contributed by atoms with Crippen LogP contribution in [-0.4, -0.2) is 53.6 Å². The number of esters is 1. The highest BCUT2D eigenvalue weighted by Gasteiger charge is 2.55. The largest absolute Gasteiger partial charge is 0.548 e. The van der Waals surface area contributed by atoms with Gasteiger partial charge >= 0.3 is 5.97 Å². The van der Waals surface area contributed by atoms with Crippen molar-refractivity contribution in [1.29, 1.82) is 0 Å². The molecule has 184 valence electrons. The maximum absolute atomic E-state index is 13.0. The molecule has 0 aromatic heterocycles. The highest BCUT2D eigenvalue weighted by atomic mass is 28.4. The van der Waals surface area contributed by atoms with Crippen LogP contribution >= 0.6 is 0 Å². The van der Waals surface area contributed by atoms with Gasteiger partial charge in [0, 0.05) is 18.9 Å². The molecule has 7 heteroatoms. The van der Waals surface area contributed by atoms with Crippen LogP contribution < -0.4 is 0 Å². The van der Waals surface area contributed by atoms with Gasteiger partial charge in [-0.15, -0.1) is 0 Å². The fourth-order valence-corrected chi connectivity index (χ4v) is 6.82. The van der Waals surface area contributed by atoms with E-state index in [0.717, 1.165) is 38.5 Å². The van der Waals surface area contributed by atoms with Gasteiger partial charge in [0.05, 0.1) is 38.1 Å². The molecular formula is C25H44O6Si. The topological polar surface area (TPSA) is 63.2 Å². The predicted molar refractivity (Wildman–Crippen MR) is 127 cm³/mol. The van der Waals surface area contributed by atoms with E-state index in [1.807, 2.05) is 6.92 Å². The molecule has 1 saturated heterocycles. The van der Waals surface area contributed by atoms with Crippen LogP contribution in [0.2, 0.25) is 19.6 Å². The zero-order chi connectivity index (χ0) is 23.6. The third-order valence-corrected chi connectivity index (χ3v) is 8.42. The average molecular weight is 469 g/mol. The van der Waals surface area contributed by atoms with Gasteiger partial charge in [-0.3, -0.25) is 4.79 Å². The first-order chi connectivity index (χ1) is 15.0. The van der Waals surface area contributed by atoms with E-state index in [1.54, 1.807) is 0 Å². The standard InChI is InChI=1S/C25H44O6Si/c1-8-28-19-10-12-25(3,21(20(19)22(26)27-4)23-29-15-16-30-23)14-13-24(2)11-9-18(17-24)31-32(5,6)7/h17,19-21,23H,8-16H2,1-7H3/t19-,20-,21+,24?,25-/m0/s1. The second-order valence-electron chi connectivity index (χ2n) is 11.4. The molecule has 0 amide bonds. The molecule has 2 fully saturated rings. The van der Waals surface area contributed by atoms with Gasteiger partial charge in [0.15, 0.2) is 6.29 Å². The zero-order valence-corrected chi connectivity index (χ0v) is 22.2. The lowest BCUT2D eigenvalue weighted by atomic mass is 9.58. The number of hydrogen-bond donors (Lipinski definition) is 0. The molecule has 1 unspecified atom stereocenters. The van der Waals surface area contributed by atoms with Gasteiger partial charge in [0.1, 0.15) is 0 Å². The fourth-order valence-electron chi connectivity index (χ4n) is 5.88. The van der Waals surface area contributed by atoms with E-state index in [0.29, 0.717) is 19.8 Å². The number of allylic oxidation sites excluding steroid dienone is 2. The van der Waals surface area contributed by atoms with Crippen LogP contribution in [0.15, 0.2) is 11.8 Å². The van der Waals surface area contributed by atoms with Crippen molar-refractivity contribution in [2.24, 2.45) is 22.7 Å². The Kier molecular flexibility index (Phi) is 8.17. The Bertz CT molecular complexity index is 682. The number of methoxy groups -OCH3 is 1. The minimum Gasteiger partial charge on any atom is -0.548 e. The Morgan fingerprint density at radius 3 is 2.44 bits per heavy atom. The lowest BCUT2D eigenvalue weighted by Crippen LogP contribution is -2.54. The first-order valence-electron chi connectivity index (χ1n) is 12.3. The second-order valence-corrected chi connectivity index (χ2v) is 15.8. The number of ether oxygens (including phenoxy) is 4. The number of carbonyl (C=O) groups is 1. The van der Waals surface area contributed by atoms with E-state index in [1.165, 1.54) is 12.9 Å². The molecule has 0 radical (unpaired) electrons. The summed E-state index contributed by atoms with van der Waals surface area (Å²) in [5.41, 5.74) is 0.0260. The smallest absolute Gasteiger partial charge is 0.311 e. The zero-order valence-electron chi connectivity index (χ0n) is 21.2. The van der Waals surface area contributed by atoms with E-state index in [9.17, 15) is 4.79 Å².